The van der Waals surface area contributed by atoms with Gasteiger partial charge >= 0.3 is 0 Å². The van der Waals surface area contributed by atoms with Crippen LogP contribution < -0.4 is 10.6 Å². The van der Waals surface area contributed by atoms with Gasteiger partial charge in [0.05, 0.1) is 24.2 Å². The number of carbonyl (C=O) groups is 2. The molecule has 8 rings (SSSR count). The number of nitrogens with zero attached hydrogens (tertiary/aromatic N) is 2. The number of hydrogen-bond donors (Lipinski definition) is 2. The molecule has 6 atom stereocenters. The number of carbonyl (C=O) groups excluding carboxylic acids is 2. The number of piperidine rings is 2. The summed E-state index contributed by atoms with van der Waals surface area (Å²) in [6.45, 7) is 3.81. The molecule has 0 aliphatic carbocycles. The molecule has 6 unspecified atom stereocenters. The van der Waals surface area contributed by atoms with Gasteiger partial charge < -0.3 is 20.4 Å². The molecule has 2 aromatic carbocycles. The van der Waals surface area contributed by atoms with Crippen molar-refractivity contribution in [1.29, 1.82) is 0 Å². The average molecular weight is 517 g/mol. The van der Waals surface area contributed by atoms with Crippen LogP contribution in [0.3, 0.4) is 0 Å². The van der Waals surface area contributed by atoms with E-state index in [0.29, 0.717) is 11.9 Å². The Balaban J connectivity index is 0.000000127. The van der Waals surface area contributed by atoms with E-state index in [1.807, 2.05) is 11.0 Å². The Morgan fingerprint density at radius 1 is 0.737 bits per heavy atom. The van der Waals surface area contributed by atoms with Crippen LogP contribution in [0.1, 0.15) is 78.4 Å². The number of benzene rings is 2. The zero-order valence-corrected chi connectivity index (χ0v) is 22.1. The van der Waals surface area contributed by atoms with Gasteiger partial charge in [-0.05, 0) is 92.7 Å². The summed E-state index contributed by atoms with van der Waals surface area (Å²) in [6, 6.07) is 12.9. The van der Waals surface area contributed by atoms with Crippen molar-refractivity contribution in [1.82, 2.24) is 20.4 Å². The number of piperazine rings is 2. The predicted octanol–water partition coefficient (Wildman–Crippen LogP) is 3.72. The Bertz CT molecular complexity index is 1180. The van der Waals surface area contributed by atoms with Crippen molar-refractivity contribution in [2.75, 3.05) is 13.1 Å². The summed E-state index contributed by atoms with van der Waals surface area (Å²) in [7, 11) is 0. The maximum absolute atomic E-state index is 13.5. The first-order valence-electron chi connectivity index (χ1n) is 14.5. The second-order valence-electron chi connectivity index (χ2n) is 12.0. The van der Waals surface area contributed by atoms with Crippen LogP contribution in [0.2, 0.25) is 0 Å². The first-order chi connectivity index (χ1) is 18.5. The molecule has 2 amide bonds. The number of amides is 2. The first-order valence-corrected chi connectivity index (χ1v) is 14.5. The molecule has 38 heavy (non-hydrogen) atoms. The van der Waals surface area contributed by atoms with E-state index in [0.717, 1.165) is 57.2 Å². The third kappa shape index (κ3) is 3.97. The van der Waals surface area contributed by atoms with Crippen LogP contribution >= 0.6 is 0 Å². The number of halogens is 1. The number of aryl methyl sites for hydroxylation is 1. The van der Waals surface area contributed by atoms with E-state index in [4.69, 9.17) is 0 Å². The molecule has 4 fully saturated rings. The summed E-state index contributed by atoms with van der Waals surface area (Å²) < 4.78 is 13.5. The number of hydrogen-bond acceptors (Lipinski definition) is 4. The van der Waals surface area contributed by atoms with Gasteiger partial charge in [0.15, 0.2) is 0 Å². The van der Waals surface area contributed by atoms with Crippen LogP contribution in [0.25, 0.3) is 0 Å². The van der Waals surface area contributed by atoms with Crippen LogP contribution in [-0.4, -0.2) is 58.9 Å². The summed E-state index contributed by atoms with van der Waals surface area (Å²) in [4.78, 5) is 29.1. The lowest BCUT2D eigenvalue weighted by atomic mass is 9.80. The highest BCUT2D eigenvalue weighted by molar-refractivity contribution is 5.84. The zero-order chi connectivity index (χ0) is 26.0. The molecule has 0 aromatic heterocycles. The van der Waals surface area contributed by atoms with Crippen molar-refractivity contribution in [2.45, 2.75) is 94.5 Å². The Morgan fingerprint density at radius 3 is 1.84 bits per heavy atom. The van der Waals surface area contributed by atoms with E-state index in [2.05, 4.69) is 40.7 Å². The molecule has 2 aromatic rings. The van der Waals surface area contributed by atoms with E-state index in [1.54, 1.807) is 6.07 Å². The van der Waals surface area contributed by atoms with Crippen molar-refractivity contribution < 1.29 is 14.0 Å². The lowest BCUT2D eigenvalue weighted by molar-refractivity contribution is -0.144. The van der Waals surface area contributed by atoms with Crippen LogP contribution in [0.15, 0.2) is 36.4 Å². The third-order valence-electron chi connectivity index (χ3n) is 9.73. The number of nitrogens with one attached hydrogen (secondary N) is 2. The fraction of sp³-hybridized carbons (Fsp3) is 0.548. The molecule has 4 bridgehead atoms. The summed E-state index contributed by atoms with van der Waals surface area (Å²) in [5.74, 6) is 0.329. The molecule has 6 aliphatic rings. The maximum atomic E-state index is 13.5. The van der Waals surface area contributed by atoms with Crippen molar-refractivity contribution in [3.05, 3.63) is 70.0 Å². The highest BCUT2D eigenvalue weighted by atomic mass is 19.1. The summed E-state index contributed by atoms with van der Waals surface area (Å²) in [5, 5.41) is 7.02. The van der Waals surface area contributed by atoms with Crippen molar-refractivity contribution in [2.24, 2.45) is 0 Å². The van der Waals surface area contributed by atoms with E-state index < -0.39 is 0 Å². The van der Waals surface area contributed by atoms with Gasteiger partial charge in [0.2, 0.25) is 11.8 Å². The van der Waals surface area contributed by atoms with Gasteiger partial charge in [-0.3, -0.25) is 9.59 Å². The Morgan fingerprint density at radius 2 is 1.26 bits per heavy atom. The molecular formula is C31H37FN4O2. The van der Waals surface area contributed by atoms with Crippen LogP contribution in [0.5, 0.6) is 0 Å². The molecule has 6 aliphatic heterocycles. The predicted molar refractivity (Wildman–Crippen MR) is 143 cm³/mol. The second kappa shape index (κ2) is 9.45. The lowest BCUT2D eigenvalue weighted by Gasteiger charge is -2.50. The Kier molecular flexibility index (Phi) is 6.04. The minimum Gasteiger partial charge on any atom is -0.332 e. The van der Waals surface area contributed by atoms with Gasteiger partial charge in [-0.15, -0.1) is 0 Å². The fourth-order valence-electron chi connectivity index (χ4n) is 7.97. The van der Waals surface area contributed by atoms with E-state index in [9.17, 15) is 14.0 Å². The molecule has 0 saturated carbocycles. The minimum atomic E-state index is -0.203. The van der Waals surface area contributed by atoms with Gasteiger partial charge in [0.1, 0.15) is 5.82 Å². The van der Waals surface area contributed by atoms with E-state index >= 15 is 0 Å². The van der Waals surface area contributed by atoms with Gasteiger partial charge in [0, 0.05) is 25.2 Å². The highest BCUT2D eigenvalue weighted by Crippen LogP contribution is 2.41. The number of rotatable bonds is 0. The topological polar surface area (TPSA) is 64.7 Å². The average Bonchev–Trinajstić information content (AvgIpc) is 2.94. The van der Waals surface area contributed by atoms with Crippen LogP contribution in [0.4, 0.5) is 4.39 Å². The lowest BCUT2D eigenvalue weighted by Crippen LogP contribution is -2.64. The molecular weight excluding hydrogens is 479 g/mol. The van der Waals surface area contributed by atoms with E-state index in [1.165, 1.54) is 41.2 Å². The second-order valence-corrected chi connectivity index (χ2v) is 12.0. The molecule has 7 heteroatoms. The van der Waals surface area contributed by atoms with Crippen LogP contribution in [-0.2, 0) is 22.4 Å². The standard InChI is InChI=1S/C16H20N2O.C15H17FN2O/c1-10-5-6-11-7-8-18-15(12(11)9-10)13-3-2-4-14(17-13)16(18)19;16-10-5-4-9-6-7-18-14(11(9)8-10)12-2-1-3-13(17-12)15(18)19/h5-6,9,13-15,17H,2-4,7-8H2,1H3;4-5,8,12-14,17H,1-3,6-7H2. The molecule has 200 valence electrons. The Hall–Kier alpha value is -2.77. The SMILES string of the molecule is Cc1ccc2c(c1)C1C3CCCC(N3)C(=O)N1CC2.O=C1C2CCCC(N2)C2c3cc(F)ccc3CCN12. The molecule has 6 heterocycles. The highest BCUT2D eigenvalue weighted by Gasteiger charge is 2.47. The molecule has 6 nitrogen and oxygen atoms in total. The molecule has 0 radical (unpaired) electrons. The molecule has 2 N–H and O–H groups in total. The van der Waals surface area contributed by atoms with Crippen LogP contribution in [0, 0.1) is 12.7 Å². The maximum Gasteiger partial charge on any atom is 0.240 e. The molecule has 4 saturated heterocycles. The van der Waals surface area contributed by atoms with Gasteiger partial charge in [0.25, 0.3) is 0 Å². The normalized spacial score (nSPS) is 32.8. The largest absolute Gasteiger partial charge is 0.332 e. The smallest absolute Gasteiger partial charge is 0.240 e. The van der Waals surface area contributed by atoms with Gasteiger partial charge in [-0.25, -0.2) is 4.39 Å². The Labute approximate surface area is 224 Å². The first kappa shape index (κ1) is 24.3. The van der Waals surface area contributed by atoms with Crippen molar-refractivity contribution in [3.63, 3.8) is 0 Å². The van der Waals surface area contributed by atoms with E-state index in [-0.39, 0.29) is 41.9 Å². The van der Waals surface area contributed by atoms with Crippen molar-refractivity contribution in [3.8, 4) is 0 Å². The third-order valence-corrected chi connectivity index (χ3v) is 9.73. The zero-order valence-electron chi connectivity index (χ0n) is 22.1. The summed E-state index contributed by atoms with van der Waals surface area (Å²) in [5.41, 5.74) is 6.33. The molecule has 0 spiro atoms. The van der Waals surface area contributed by atoms with Crippen molar-refractivity contribution >= 4 is 11.8 Å². The summed E-state index contributed by atoms with van der Waals surface area (Å²) in [6.07, 6.45) is 8.34. The fourth-order valence-corrected chi connectivity index (χ4v) is 7.97. The summed E-state index contributed by atoms with van der Waals surface area (Å²) >= 11 is 0. The number of fused-ring (bicyclic) bond motifs is 12. The quantitative estimate of drug-likeness (QED) is 0.560. The van der Waals surface area contributed by atoms with Gasteiger partial charge in [-0.1, -0.05) is 29.8 Å². The minimum absolute atomic E-state index is 0.00916. The monoisotopic (exact) mass is 516 g/mol. The van der Waals surface area contributed by atoms with Gasteiger partial charge in [-0.2, -0.15) is 0 Å².